The number of nitrogens with zero attached hydrogens (tertiary/aromatic N) is 5. The fourth-order valence-corrected chi connectivity index (χ4v) is 10.8. The molecule has 7 rings (SSSR count). The lowest BCUT2D eigenvalue weighted by atomic mass is 9.76. The molecule has 1 aliphatic carbocycles. The number of carbonyl (C=O) groups excluding carboxylic acids is 1. The van der Waals surface area contributed by atoms with E-state index >= 15 is 8.78 Å². The first-order chi connectivity index (χ1) is 28.9. The van der Waals surface area contributed by atoms with E-state index < -0.39 is 17.2 Å². The summed E-state index contributed by atoms with van der Waals surface area (Å²) in [6.07, 6.45) is 4.36. The van der Waals surface area contributed by atoms with Crippen LogP contribution in [0.3, 0.4) is 0 Å². The molecule has 2 unspecified atom stereocenters. The van der Waals surface area contributed by atoms with Crippen LogP contribution < -0.4 is 14.4 Å². The molecule has 2 radical (unpaired) electrons. The Morgan fingerprint density at radius 1 is 1.00 bits per heavy atom. The standard InChI is InChI=1S/C47H59F2N5O6Si/c1-27(2)47(28(3)4,29(5)6)61-18-15-34-37(48)14-11-30-19-33(59-26-57-10)20-35(38(30)34)40-39(49)41-36(21-50-40)42(52-43(51-41)58-25-46(24-55)16-17-46)53-22-31-12-13-32(23-53)54(31)44(56)60-45(7,8)9/h11,14,19-21,27-29,31-32,55H,12-13,16-17,22-26H2,1-10H3. The highest BCUT2D eigenvalue weighted by Crippen LogP contribution is 2.49. The van der Waals surface area contributed by atoms with Crippen molar-refractivity contribution in [1.29, 1.82) is 0 Å². The van der Waals surface area contributed by atoms with Gasteiger partial charge in [0.2, 0.25) is 0 Å². The second-order valence-corrected chi connectivity index (χ2v) is 20.3. The fourth-order valence-electron chi connectivity index (χ4n) is 9.51. The van der Waals surface area contributed by atoms with Crippen LogP contribution in [0, 0.1) is 46.3 Å². The van der Waals surface area contributed by atoms with E-state index in [1.54, 1.807) is 24.4 Å². The van der Waals surface area contributed by atoms with Crippen LogP contribution >= 0.6 is 0 Å². The number of aromatic nitrogens is 3. The number of hydrogen-bond acceptors (Lipinski definition) is 10. The van der Waals surface area contributed by atoms with Crippen LogP contribution in [0.25, 0.3) is 32.9 Å². The fraction of sp³-hybridized carbons (Fsp3) is 0.574. The maximum atomic E-state index is 17.6. The average molecular weight is 856 g/mol. The number of halogens is 2. The van der Waals surface area contributed by atoms with Gasteiger partial charge in [-0.3, -0.25) is 9.88 Å². The van der Waals surface area contributed by atoms with E-state index in [1.165, 1.54) is 13.2 Å². The van der Waals surface area contributed by atoms with E-state index in [2.05, 4.69) is 58.0 Å². The molecule has 14 heteroatoms. The van der Waals surface area contributed by atoms with E-state index in [0.29, 0.717) is 58.6 Å². The third-order valence-electron chi connectivity index (χ3n) is 12.8. The molecule has 2 aromatic heterocycles. The molecule has 0 spiro atoms. The number of aliphatic hydroxyl groups excluding tert-OH is 1. The second-order valence-electron chi connectivity index (χ2n) is 19.0. The zero-order valence-corrected chi connectivity index (χ0v) is 38.1. The molecular weight excluding hydrogens is 797 g/mol. The summed E-state index contributed by atoms with van der Waals surface area (Å²) < 4.78 is 56.8. The minimum atomic E-state index is -0.752. The molecule has 4 aromatic rings. The third-order valence-corrected chi connectivity index (χ3v) is 15.2. The van der Waals surface area contributed by atoms with Crippen molar-refractivity contribution in [3.8, 4) is 34.5 Å². The van der Waals surface area contributed by atoms with Crippen LogP contribution in [-0.4, -0.2) is 98.5 Å². The van der Waals surface area contributed by atoms with Gasteiger partial charge in [0.15, 0.2) is 22.1 Å². The summed E-state index contributed by atoms with van der Waals surface area (Å²) in [6, 6.07) is 6.08. The van der Waals surface area contributed by atoms with E-state index in [4.69, 9.17) is 28.9 Å². The highest BCUT2D eigenvalue weighted by Gasteiger charge is 2.46. The van der Waals surface area contributed by atoms with E-state index in [9.17, 15) is 9.90 Å². The van der Waals surface area contributed by atoms with Gasteiger partial charge in [0, 0.05) is 42.8 Å². The maximum absolute atomic E-state index is 17.6. The molecule has 3 aliphatic rings. The Bertz CT molecular complexity index is 2320. The number of ether oxygens (including phenoxy) is 4. The molecule has 11 nitrogen and oxygen atoms in total. The van der Waals surface area contributed by atoms with Gasteiger partial charge >= 0.3 is 12.1 Å². The summed E-state index contributed by atoms with van der Waals surface area (Å²) in [5, 5.41) is 11.3. The number of piperazine rings is 1. The number of anilines is 1. The van der Waals surface area contributed by atoms with Gasteiger partial charge in [-0.15, -0.1) is 5.54 Å². The highest BCUT2D eigenvalue weighted by molar-refractivity contribution is 6.50. The molecule has 2 aromatic carbocycles. The van der Waals surface area contributed by atoms with Crippen molar-refractivity contribution in [2.45, 2.75) is 111 Å². The molecule has 1 N–H and O–H groups in total. The monoisotopic (exact) mass is 855 g/mol. The van der Waals surface area contributed by atoms with Gasteiger partial charge in [0.1, 0.15) is 34.2 Å². The van der Waals surface area contributed by atoms with Crippen molar-refractivity contribution in [2.24, 2.45) is 23.2 Å². The zero-order valence-electron chi connectivity index (χ0n) is 37.1. The molecule has 2 saturated heterocycles. The predicted octanol–water partition coefficient (Wildman–Crippen LogP) is 8.99. The number of hydrogen-bond donors (Lipinski definition) is 1. The number of fused-ring (bicyclic) bond motifs is 4. The second kappa shape index (κ2) is 17.3. The molecule has 2 atom stereocenters. The van der Waals surface area contributed by atoms with Gasteiger partial charge < -0.3 is 29.0 Å². The summed E-state index contributed by atoms with van der Waals surface area (Å²) in [4.78, 5) is 31.4. The normalized spacial score (nSPS) is 18.6. The van der Waals surface area contributed by atoms with Crippen LogP contribution in [0.2, 0.25) is 5.04 Å². The van der Waals surface area contributed by atoms with E-state index in [-0.39, 0.29) is 86.5 Å². The molecule has 4 heterocycles. The van der Waals surface area contributed by atoms with Crippen molar-refractivity contribution in [1.82, 2.24) is 19.9 Å². The van der Waals surface area contributed by atoms with Crippen LogP contribution in [0.5, 0.6) is 11.8 Å². The van der Waals surface area contributed by atoms with E-state index in [0.717, 1.165) is 25.7 Å². The first kappa shape index (κ1) is 44.5. The first-order valence-corrected chi connectivity index (χ1v) is 22.4. The molecule has 2 aliphatic heterocycles. The molecule has 2 bridgehead atoms. The van der Waals surface area contributed by atoms with Crippen molar-refractivity contribution in [3.63, 3.8) is 0 Å². The summed E-state index contributed by atoms with van der Waals surface area (Å²) in [5.41, 5.74) is 2.69. The molecular formula is C47H59F2N5O6Si. The minimum Gasteiger partial charge on any atom is -0.468 e. The molecule has 3 fully saturated rings. The maximum Gasteiger partial charge on any atom is 0.410 e. The lowest BCUT2D eigenvalue weighted by Gasteiger charge is -2.43. The highest BCUT2D eigenvalue weighted by atomic mass is 28.2. The Morgan fingerprint density at radius 3 is 2.26 bits per heavy atom. The molecule has 61 heavy (non-hydrogen) atoms. The minimum absolute atomic E-state index is 0.0294. The first-order valence-electron chi connectivity index (χ1n) is 21.4. The van der Waals surface area contributed by atoms with Gasteiger partial charge in [-0.2, -0.15) is 9.97 Å². The summed E-state index contributed by atoms with van der Waals surface area (Å²) >= 11 is 0. The Hall–Kier alpha value is -4.58. The Morgan fingerprint density at radius 2 is 1.67 bits per heavy atom. The number of amides is 1. The Labute approximate surface area is 360 Å². The van der Waals surface area contributed by atoms with Crippen molar-refractivity contribution in [3.05, 3.63) is 47.7 Å². The Balaban J connectivity index is 1.37. The van der Waals surface area contributed by atoms with Crippen LogP contribution in [0.1, 0.15) is 93.6 Å². The average Bonchev–Trinajstić information content (AvgIpc) is 3.94. The lowest BCUT2D eigenvalue weighted by Crippen LogP contribution is -2.57. The van der Waals surface area contributed by atoms with Gasteiger partial charge in [0.05, 0.1) is 36.2 Å². The van der Waals surface area contributed by atoms with Gasteiger partial charge in [-0.05, 0) is 92.8 Å². The number of carbonyl (C=O) groups is 1. The smallest absolute Gasteiger partial charge is 0.410 e. The zero-order chi connectivity index (χ0) is 44.0. The largest absolute Gasteiger partial charge is 0.468 e. The number of methoxy groups -OCH3 is 1. The van der Waals surface area contributed by atoms with Crippen LogP contribution in [-0.2, 0) is 9.47 Å². The molecule has 326 valence electrons. The quantitative estimate of drug-likeness (QED) is 0.0793. The topological polar surface area (TPSA) is 119 Å². The van der Waals surface area contributed by atoms with Crippen LogP contribution in [0.4, 0.5) is 19.4 Å². The Kier molecular flexibility index (Phi) is 12.6. The van der Waals surface area contributed by atoms with Crippen LogP contribution in [0.15, 0.2) is 30.5 Å². The number of rotatable bonds is 13. The third kappa shape index (κ3) is 8.75. The summed E-state index contributed by atoms with van der Waals surface area (Å²) in [7, 11) is 1.73. The molecule has 1 saturated carbocycles. The van der Waals surface area contributed by atoms with Crippen molar-refractivity contribution < 1.29 is 37.6 Å². The summed E-state index contributed by atoms with van der Waals surface area (Å²) in [6.45, 7) is 19.8. The molecule has 1 amide bonds. The van der Waals surface area contributed by atoms with Crippen molar-refractivity contribution >= 4 is 43.1 Å². The predicted molar refractivity (Wildman–Crippen MR) is 234 cm³/mol. The SMILES string of the molecule is COCOc1cc(-c2ncc3c(N4CC5CCC(C4)N5C(=O)OC(C)(C)C)nc(OCC4(CO)CC4)nc3c2F)c2c(C#C[Si]C(C(C)C)(C(C)C)C(C)C)c(F)ccc2c1. The number of aliphatic hydroxyl groups is 1. The summed E-state index contributed by atoms with van der Waals surface area (Å²) in [5.74, 6) is 3.75. The van der Waals surface area contributed by atoms with Gasteiger partial charge in [-0.25, -0.2) is 13.6 Å². The lowest BCUT2D eigenvalue weighted by molar-refractivity contribution is 0.0122. The van der Waals surface area contributed by atoms with Crippen molar-refractivity contribution in [2.75, 3.05) is 45.1 Å². The number of pyridine rings is 1. The number of benzene rings is 2. The van der Waals surface area contributed by atoms with E-state index in [1.807, 2.05) is 30.6 Å². The van der Waals surface area contributed by atoms with Gasteiger partial charge in [-0.1, -0.05) is 53.5 Å². The van der Waals surface area contributed by atoms with Gasteiger partial charge in [0.25, 0.3) is 0 Å².